The fourth-order valence-electron chi connectivity index (χ4n) is 2.24. The molecule has 3 nitrogen and oxygen atoms in total. The van der Waals surface area contributed by atoms with Gasteiger partial charge in [0.2, 0.25) is 0 Å². The summed E-state index contributed by atoms with van der Waals surface area (Å²) in [4.78, 5) is 12.0. The van der Waals surface area contributed by atoms with Crippen LogP contribution in [0.15, 0.2) is 48.5 Å². The molecule has 2 atom stereocenters. The molecular weight excluding hydrogens is 295 g/mol. The zero-order chi connectivity index (χ0) is 16.8. The van der Waals surface area contributed by atoms with Crippen LogP contribution >= 0.6 is 0 Å². The number of aliphatic hydroxyl groups is 1. The van der Waals surface area contributed by atoms with Gasteiger partial charge in [-0.05, 0) is 31.0 Å². The number of carbonyl (C=O) groups is 1. The number of aliphatic hydroxyl groups excluding tert-OH is 1. The van der Waals surface area contributed by atoms with Gasteiger partial charge in [0, 0.05) is 12.0 Å². The summed E-state index contributed by atoms with van der Waals surface area (Å²) in [6.45, 7) is 3.47. The third-order valence-electron chi connectivity index (χ3n) is 3.71. The molecule has 2 aromatic rings. The van der Waals surface area contributed by atoms with Gasteiger partial charge < -0.3 is 9.84 Å². The van der Waals surface area contributed by atoms with Gasteiger partial charge in [0.25, 0.3) is 0 Å². The fourth-order valence-corrected chi connectivity index (χ4v) is 2.24. The average molecular weight is 316 g/mol. The molecular formula is C19H21FO3. The lowest BCUT2D eigenvalue weighted by molar-refractivity contribution is -0.145. The number of esters is 1. The third kappa shape index (κ3) is 4.63. The van der Waals surface area contributed by atoms with Crippen LogP contribution in [0.5, 0.6) is 0 Å². The van der Waals surface area contributed by atoms with Crippen LogP contribution in [-0.4, -0.2) is 23.8 Å². The molecule has 0 heterocycles. The normalized spacial score (nSPS) is 13.4. The Morgan fingerprint density at radius 1 is 1.17 bits per heavy atom. The first-order chi connectivity index (χ1) is 11.0. The molecule has 4 heteroatoms. The van der Waals surface area contributed by atoms with E-state index in [9.17, 15) is 9.18 Å². The number of rotatable bonds is 6. The van der Waals surface area contributed by atoms with Crippen molar-refractivity contribution in [3.05, 3.63) is 59.9 Å². The van der Waals surface area contributed by atoms with E-state index in [4.69, 9.17) is 9.84 Å². The molecule has 0 aliphatic carbocycles. The van der Waals surface area contributed by atoms with Gasteiger partial charge in [0.05, 0.1) is 18.6 Å². The molecule has 2 aromatic carbocycles. The highest BCUT2D eigenvalue weighted by molar-refractivity contribution is 5.78. The van der Waals surface area contributed by atoms with Crippen LogP contribution in [0.1, 0.15) is 31.7 Å². The van der Waals surface area contributed by atoms with Crippen molar-refractivity contribution >= 4 is 5.97 Å². The third-order valence-corrected chi connectivity index (χ3v) is 3.71. The average Bonchev–Trinajstić information content (AvgIpc) is 2.54. The lowest BCUT2D eigenvalue weighted by Gasteiger charge is -2.14. The molecule has 0 amide bonds. The van der Waals surface area contributed by atoms with Crippen molar-refractivity contribution in [2.45, 2.75) is 32.3 Å². The van der Waals surface area contributed by atoms with Gasteiger partial charge in [-0.15, -0.1) is 0 Å². The van der Waals surface area contributed by atoms with Gasteiger partial charge in [-0.2, -0.15) is 0 Å². The minimum absolute atomic E-state index is 0.158. The molecule has 0 aliphatic rings. The van der Waals surface area contributed by atoms with E-state index in [1.807, 2.05) is 30.3 Å². The van der Waals surface area contributed by atoms with E-state index in [2.05, 4.69) is 0 Å². The maximum absolute atomic E-state index is 14.3. The number of ether oxygens (including phenoxy) is 1. The second kappa shape index (κ2) is 7.88. The molecule has 122 valence electrons. The Labute approximate surface area is 135 Å². The SMILES string of the molecule is CC(O)CCOC(=O)C(C)c1ccc(-c2ccccc2)c(F)c1. The molecule has 0 aliphatic heterocycles. The molecule has 0 aromatic heterocycles. The number of hydrogen-bond acceptors (Lipinski definition) is 3. The van der Waals surface area contributed by atoms with Gasteiger partial charge in [-0.3, -0.25) is 4.79 Å². The molecule has 0 radical (unpaired) electrons. The standard InChI is InChI=1S/C19H21FO3/c1-13(21)10-11-23-19(22)14(2)16-8-9-17(18(20)12-16)15-6-4-3-5-7-15/h3-9,12-14,21H,10-11H2,1-2H3. The van der Waals surface area contributed by atoms with Gasteiger partial charge in [-0.1, -0.05) is 42.5 Å². The maximum Gasteiger partial charge on any atom is 0.313 e. The van der Waals surface area contributed by atoms with E-state index in [-0.39, 0.29) is 12.4 Å². The highest BCUT2D eigenvalue weighted by Crippen LogP contribution is 2.26. The molecule has 2 rings (SSSR count). The summed E-state index contributed by atoms with van der Waals surface area (Å²) < 4.78 is 19.4. The van der Waals surface area contributed by atoms with Crippen molar-refractivity contribution in [3.63, 3.8) is 0 Å². The van der Waals surface area contributed by atoms with Gasteiger partial charge in [0.15, 0.2) is 0 Å². The van der Waals surface area contributed by atoms with Crippen molar-refractivity contribution in [3.8, 4) is 11.1 Å². The predicted molar refractivity (Wildman–Crippen MR) is 87.5 cm³/mol. The summed E-state index contributed by atoms with van der Waals surface area (Å²) in [5.41, 5.74) is 1.87. The first kappa shape index (κ1) is 17.2. The van der Waals surface area contributed by atoms with E-state index < -0.39 is 18.0 Å². The monoisotopic (exact) mass is 316 g/mol. The van der Waals surface area contributed by atoms with E-state index in [1.54, 1.807) is 26.0 Å². The molecule has 23 heavy (non-hydrogen) atoms. The fraction of sp³-hybridized carbons (Fsp3) is 0.316. The van der Waals surface area contributed by atoms with Crippen LogP contribution in [0.2, 0.25) is 0 Å². The van der Waals surface area contributed by atoms with E-state index in [1.165, 1.54) is 6.07 Å². The quantitative estimate of drug-likeness (QED) is 0.822. The Morgan fingerprint density at radius 2 is 1.87 bits per heavy atom. The maximum atomic E-state index is 14.3. The van der Waals surface area contributed by atoms with Crippen LogP contribution < -0.4 is 0 Å². The summed E-state index contributed by atoms with van der Waals surface area (Å²) in [7, 11) is 0. The van der Waals surface area contributed by atoms with Gasteiger partial charge >= 0.3 is 5.97 Å². The van der Waals surface area contributed by atoms with Crippen LogP contribution in [0.25, 0.3) is 11.1 Å². The first-order valence-electron chi connectivity index (χ1n) is 7.68. The van der Waals surface area contributed by atoms with Gasteiger partial charge in [0.1, 0.15) is 5.82 Å². The summed E-state index contributed by atoms with van der Waals surface area (Å²) in [6.07, 6.45) is -0.125. The summed E-state index contributed by atoms with van der Waals surface area (Å²) in [5.74, 6) is -1.34. The number of benzene rings is 2. The number of halogens is 1. The van der Waals surface area contributed by atoms with E-state index in [0.29, 0.717) is 17.5 Å². The minimum atomic E-state index is -0.552. The van der Waals surface area contributed by atoms with Crippen molar-refractivity contribution in [2.75, 3.05) is 6.61 Å². The lowest BCUT2D eigenvalue weighted by atomic mass is 9.97. The molecule has 0 bridgehead atoms. The van der Waals surface area contributed by atoms with Crippen molar-refractivity contribution in [2.24, 2.45) is 0 Å². The van der Waals surface area contributed by atoms with Crippen molar-refractivity contribution in [1.82, 2.24) is 0 Å². The van der Waals surface area contributed by atoms with E-state index in [0.717, 1.165) is 5.56 Å². The largest absolute Gasteiger partial charge is 0.465 e. The minimum Gasteiger partial charge on any atom is -0.465 e. The second-order valence-corrected chi connectivity index (χ2v) is 5.63. The molecule has 0 saturated carbocycles. The second-order valence-electron chi connectivity index (χ2n) is 5.63. The Hall–Kier alpha value is -2.20. The highest BCUT2D eigenvalue weighted by atomic mass is 19.1. The molecule has 2 unspecified atom stereocenters. The Balaban J connectivity index is 2.09. The molecule has 0 spiro atoms. The Bertz CT molecular complexity index is 653. The Morgan fingerprint density at radius 3 is 2.48 bits per heavy atom. The zero-order valence-electron chi connectivity index (χ0n) is 13.3. The summed E-state index contributed by atoms with van der Waals surface area (Å²) in [5, 5.41) is 9.16. The van der Waals surface area contributed by atoms with Crippen LogP contribution in [0, 0.1) is 5.82 Å². The van der Waals surface area contributed by atoms with Gasteiger partial charge in [-0.25, -0.2) is 4.39 Å². The van der Waals surface area contributed by atoms with Crippen molar-refractivity contribution in [1.29, 1.82) is 0 Å². The predicted octanol–water partition coefficient (Wildman–Crippen LogP) is 3.91. The zero-order valence-corrected chi connectivity index (χ0v) is 13.3. The molecule has 0 fully saturated rings. The van der Waals surface area contributed by atoms with Crippen LogP contribution in [0.3, 0.4) is 0 Å². The number of carbonyl (C=O) groups excluding carboxylic acids is 1. The molecule has 0 saturated heterocycles. The summed E-state index contributed by atoms with van der Waals surface area (Å²) in [6, 6.07) is 14.1. The summed E-state index contributed by atoms with van der Waals surface area (Å²) >= 11 is 0. The first-order valence-corrected chi connectivity index (χ1v) is 7.68. The molecule has 1 N–H and O–H groups in total. The van der Waals surface area contributed by atoms with Crippen LogP contribution in [0.4, 0.5) is 4.39 Å². The topological polar surface area (TPSA) is 46.5 Å². The van der Waals surface area contributed by atoms with E-state index >= 15 is 0 Å². The highest BCUT2D eigenvalue weighted by Gasteiger charge is 2.18. The number of hydrogen-bond donors (Lipinski definition) is 1. The van der Waals surface area contributed by atoms with Crippen LogP contribution in [-0.2, 0) is 9.53 Å². The lowest BCUT2D eigenvalue weighted by Crippen LogP contribution is -2.16. The van der Waals surface area contributed by atoms with Crippen molar-refractivity contribution < 1.29 is 19.0 Å². The smallest absolute Gasteiger partial charge is 0.313 e. The Kier molecular flexibility index (Phi) is 5.88.